The van der Waals surface area contributed by atoms with E-state index in [2.05, 4.69) is 15.6 Å². The topological polar surface area (TPSA) is 103 Å². The van der Waals surface area contributed by atoms with Crippen LogP contribution in [0.5, 0.6) is 0 Å². The number of carbonyl (C=O) groups excluding carboxylic acids is 1. The van der Waals surface area contributed by atoms with Gasteiger partial charge in [-0.3, -0.25) is 0 Å². The first kappa shape index (κ1) is 13.4. The number of aromatic carboxylic acids is 1. The minimum absolute atomic E-state index is 0.0234. The van der Waals surface area contributed by atoms with E-state index in [0.29, 0.717) is 12.2 Å². The Morgan fingerprint density at radius 3 is 3.00 bits per heavy atom. The summed E-state index contributed by atoms with van der Waals surface area (Å²) in [5, 5.41) is 14.2. The zero-order chi connectivity index (χ0) is 13.8. The summed E-state index contributed by atoms with van der Waals surface area (Å²) in [4.78, 5) is 25.3. The molecule has 1 atom stereocenters. The molecule has 1 fully saturated rings. The number of carboxylic acid groups (broad SMARTS) is 1. The van der Waals surface area contributed by atoms with Crippen molar-refractivity contribution in [3.05, 3.63) is 17.5 Å². The van der Waals surface area contributed by atoms with Crippen molar-refractivity contribution in [1.29, 1.82) is 0 Å². The number of rotatable bonds is 4. The maximum atomic E-state index is 11.7. The van der Waals surface area contributed by atoms with Gasteiger partial charge in [0.15, 0.2) is 0 Å². The monoisotopic (exact) mass is 267 g/mol. The number of carbonyl (C=O) groups is 2. The van der Waals surface area contributed by atoms with E-state index in [0.717, 1.165) is 19.4 Å². The van der Waals surface area contributed by atoms with Gasteiger partial charge in [0.05, 0.1) is 11.8 Å². The van der Waals surface area contributed by atoms with Crippen molar-refractivity contribution in [1.82, 2.24) is 10.3 Å². The minimum atomic E-state index is -1.11. The van der Waals surface area contributed by atoms with E-state index >= 15 is 0 Å². The van der Waals surface area contributed by atoms with E-state index in [4.69, 9.17) is 9.84 Å². The molecule has 2 rings (SSSR count). The van der Waals surface area contributed by atoms with E-state index in [1.165, 1.54) is 0 Å². The number of carboxylic acids is 1. The second-order valence-corrected chi connectivity index (χ2v) is 4.52. The largest absolute Gasteiger partial charge is 0.477 e. The Bertz CT molecular complexity index is 477. The van der Waals surface area contributed by atoms with Crippen molar-refractivity contribution in [2.75, 3.05) is 18.5 Å². The quantitative estimate of drug-likeness (QED) is 0.660. The Labute approximate surface area is 110 Å². The second kappa shape index (κ2) is 5.75. The number of H-pyrrole nitrogens is 1. The summed E-state index contributed by atoms with van der Waals surface area (Å²) in [6.07, 6.45) is 2.00. The van der Waals surface area contributed by atoms with E-state index in [-0.39, 0.29) is 17.5 Å². The maximum Gasteiger partial charge on any atom is 0.354 e. The molecule has 104 valence electrons. The minimum Gasteiger partial charge on any atom is -0.477 e. The molecule has 0 aromatic carbocycles. The van der Waals surface area contributed by atoms with Crippen LogP contribution in [-0.4, -0.2) is 41.3 Å². The third-order valence-electron chi connectivity index (χ3n) is 2.93. The molecule has 2 amide bonds. The van der Waals surface area contributed by atoms with Gasteiger partial charge in [0.25, 0.3) is 0 Å². The van der Waals surface area contributed by atoms with Crippen LogP contribution in [-0.2, 0) is 4.74 Å². The Hall–Kier alpha value is -2.02. The maximum absolute atomic E-state index is 11.7. The van der Waals surface area contributed by atoms with Crippen molar-refractivity contribution in [2.24, 2.45) is 0 Å². The number of hydrogen-bond donors (Lipinski definition) is 4. The van der Waals surface area contributed by atoms with Gasteiger partial charge in [0.1, 0.15) is 5.69 Å². The summed E-state index contributed by atoms with van der Waals surface area (Å²) >= 11 is 0. The van der Waals surface area contributed by atoms with E-state index in [1.54, 1.807) is 13.0 Å². The highest BCUT2D eigenvalue weighted by Crippen LogP contribution is 2.16. The molecule has 4 N–H and O–H groups in total. The Kier molecular flexibility index (Phi) is 4.06. The fourth-order valence-electron chi connectivity index (χ4n) is 2.03. The summed E-state index contributed by atoms with van der Waals surface area (Å²) in [5.74, 6) is -1.11. The summed E-state index contributed by atoms with van der Waals surface area (Å²) in [7, 11) is 0. The molecular weight excluding hydrogens is 250 g/mol. The van der Waals surface area contributed by atoms with Crippen molar-refractivity contribution in [3.8, 4) is 0 Å². The molecule has 0 bridgehead atoms. The SMILES string of the molecule is Cc1cc(NC(=O)NCC2CCCO2)c(C(=O)O)[nH]1. The summed E-state index contributed by atoms with van der Waals surface area (Å²) in [5.41, 5.74) is 0.909. The number of aromatic amines is 1. The van der Waals surface area contributed by atoms with Gasteiger partial charge in [0, 0.05) is 18.8 Å². The predicted molar refractivity (Wildman–Crippen MR) is 68.5 cm³/mol. The Morgan fingerprint density at radius 2 is 2.37 bits per heavy atom. The lowest BCUT2D eigenvalue weighted by Gasteiger charge is -2.11. The molecule has 0 spiro atoms. The van der Waals surface area contributed by atoms with Crippen LogP contribution >= 0.6 is 0 Å². The number of aromatic nitrogens is 1. The molecule has 0 saturated carbocycles. The number of urea groups is 1. The number of nitrogens with one attached hydrogen (secondary N) is 3. The molecule has 1 aromatic rings. The van der Waals surface area contributed by atoms with Crippen molar-refractivity contribution in [2.45, 2.75) is 25.9 Å². The Balaban J connectivity index is 1.89. The number of anilines is 1. The zero-order valence-electron chi connectivity index (χ0n) is 10.7. The molecule has 7 heteroatoms. The summed E-state index contributed by atoms with van der Waals surface area (Å²) < 4.78 is 5.38. The smallest absolute Gasteiger partial charge is 0.354 e. The van der Waals surface area contributed by atoms with Crippen LogP contribution in [0.2, 0.25) is 0 Å². The van der Waals surface area contributed by atoms with Crippen molar-refractivity contribution in [3.63, 3.8) is 0 Å². The third-order valence-corrected chi connectivity index (χ3v) is 2.93. The van der Waals surface area contributed by atoms with Gasteiger partial charge in [-0.05, 0) is 25.8 Å². The van der Waals surface area contributed by atoms with Crippen LogP contribution in [0.3, 0.4) is 0 Å². The zero-order valence-corrected chi connectivity index (χ0v) is 10.7. The highest BCUT2D eigenvalue weighted by molar-refractivity contribution is 5.99. The molecule has 0 radical (unpaired) electrons. The molecule has 1 aliphatic rings. The van der Waals surface area contributed by atoms with Crippen LogP contribution in [0.4, 0.5) is 10.5 Å². The van der Waals surface area contributed by atoms with E-state index in [1.807, 2.05) is 0 Å². The fourth-order valence-corrected chi connectivity index (χ4v) is 2.03. The highest BCUT2D eigenvalue weighted by Gasteiger charge is 2.18. The first-order chi connectivity index (χ1) is 9.06. The molecule has 1 unspecified atom stereocenters. The van der Waals surface area contributed by atoms with Gasteiger partial charge in [0.2, 0.25) is 0 Å². The molecular formula is C12H17N3O4. The van der Waals surface area contributed by atoms with Gasteiger partial charge < -0.3 is 25.5 Å². The first-order valence-corrected chi connectivity index (χ1v) is 6.15. The normalized spacial score (nSPS) is 18.3. The van der Waals surface area contributed by atoms with E-state index in [9.17, 15) is 9.59 Å². The van der Waals surface area contributed by atoms with Gasteiger partial charge >= 0.3 is 12.0 Å². The van der Waals surface area contributed by atoms with Crippen molar-refractivity contribution < 1.29 is 19.4 Å². The molecule has 1 aromatic heterocycles. The van der Waals surface area contributed by atoms with Gasteiger partial charge in [-0.1, -0.05) is 0 Å². The molecule has 2 heterocycles. The Morgan fingerprint density at radius 1 is 1.58 bits per heavy atom. The molecule has 1 aliphatic heterocycles. The van der Waals surface area contributed by atoms with Crippen LogP contribution in [0.25, 0.3) is 0 Å². The number of ether oxygens (including phenoxy) is 1. The number of aryl methyl sites for hydroxylation is 1. The molecule has 7 nitrogen and oxygen atoms in total. The van der Waals surface area contributed by atoms with Crippen LogP contribution in [0.1, 0.15) is 29.0 Å². The average Bonchev–Trinajstić information content (AvgIpc) is 2.96. The van der Waals surface area contributed by atoms with Crippen molar-refractivity contribution >= 4 is 17.7 Å². The van der Waals surface area contributed by atoms with Crippen LogP contribution in [0.15, 0.2) is 6.07 Å². The average molecular weight is 267 g/mol. The lowest BCUT2D eigenvalue weighted by atomic mass is 10.2. The number of hydrogen-bond acceptors (Lipinski definition) is 3. The van der Waals surface area contributed by atoms with Gasteiger partial charge in [-0.15, -0.1) is 0 Å². The van der Waals surface area contributed by atoms with Gasteiger partial charge in [-0.25, -0.2) is 9.59 Å². The first-order valence-electron chi connectivity index (χ1n) is 6.15. The summed E-state index contributed by atoms with van der Waals surface area (Å²) in [6.45, 7) is 2.88. The third kappa shape index (κ3) is 3.47. The van der Waals surface area contributed by atoms with E-state index < -0.39 is 12.0 Å². The highest BCUT2D eigenvalue weighted by atomic mass is 16.5. The lowest BCUT2D eigenvalue weighted by Crippen LogP contribution is -2.35. The second-order valence-electron chi connectivity index (χ2n) is 4.52. The summed E-state index contributed by atoms with van der Waals surface area (Å²) in [6, 6.07) is 1.15. The van der Waals surface area contributed by atoms with Gasteiger partial charge in [-0.2, -0.15) is 0 Å². The molecule has 0 aliphatic carbocycles. The molecule has 1 saturated heterocycles. The standard InChI is InChI=1S/C12H17N3O4/c1-7-5-9(10(14-7)11(16)17)15-12(18)13-6-8-3-2-4-19-8/h5,8,14H,2-4,6H2,1H3,(H,16,17)(H2,13,15,18). The van der Waals surface area contributed by atoms with Crippen LogP contribution in [0, 0.1) is 6.92 Å². The lowest BCUT2D eigenvalue weighted by molar-refractivity contribution is 0.0692. The van der Waals surface area contributed by atoms with Crippen LogP contribution < -0.4 is 10.6 Å². The fraction of sp³-hybridized carbons (Fsp3) is 0.500. The molecule has 19 heavy (non-hydrogen) atoms. The number of amides is 2. The predicted octanol–water partition coefficient (Wildman–Crippen LogP) is 1.32.